The molecular weight excluding hydrogens is 450 g/mol. The quantitative estimate of drug-likeness (QED) is 0.731. The summed E-state index contributed by atoms with van der Waals surface area (Å²) in [5.41, 5.74) is 0.353. The Kier molecular flexibility index (Phi) is 4.66. The number of carboxylic acids is 1. The molecule has 0 aliphatic carbocycles. The van der Waals surface area contributed by atoms with Crippen LogP contribution in [0.1, 0.15) is 15.2 Å². The number of anilines is 1. The maximum Gasteiger partial charge on any atom is 0.347 e. The minimum atomic E-state index is -4.08. The molecule has 2 N–H and O–H groups in total. The molecule has 0 fully saturated rings. The topological polar surface area (TPSA) is 109 Å². The van der Waals surface area contributed by atoms with Crippen molar-refractivity contribution in [2.45, 2.75) is 11.8 Å². The highest BCUT2D eigenvalue weighted by atomic mass is 79.9. The molecule has 0 aromatic carbocycles. The fraction of sp³-hybridized carbons (Fsp3) is 0.100. The van der Waals surface area contributed by atoms with Crippen molar-refractivity contribution in [1.82, 2.24) is 9.97 Å². The second-order valence-corrected chi connectivity index (χ2v) is 7.88. The van der Waals surface area contributed by atoms with Gasteiger partial charge in [-0.2, -0.15) is 0 Å². The maximum absolute atomic E-state index is 12.4. The van der Waals surface area contributed by atoms with Gasteiger partial charge in [-0.3, -0.25) is 4.72 Å². The van der Waals surface area contributed by atoms with Crippen LogP contribution in [0, 0.1) is 6.92 Å². The van der Waals surface area contributed by atoms with E-state index in [0.717, 1.165) is 11.3 Å². The Morgan fingerprint density at radius 3 is 2.67 bits per heavy atom. The van der Waals surface area contributed by atoms with Crippen LogP contribution in [0.15, 0.2) is 25.7 Å². The van der Waals surface area contributed by atoms with Gasteiger partial charge in [0.15, 0.2) is 10.4 Å². The van der Waals surface area contributed by atoms with Crippen LogP contribution in [0.2, 0.25) is 0 Å². The highest BCUT2D eigenvalue weighted by molar-refractivity contribution is 9.11. The lowest BCUT2D eigenvalue weighted by molar-refractivity contribution is 0.0698. The summed E-state index contributed by atoms with van der Waals surface area (Å²) in [6, 6.07) is 0. The van der Waals surface area contributed by atoms with E-state index < -0.39 is 16.0 Å². The number of carbonyl (C=O) groups is 1. The molecular formula is C10H7Br2N3O4S2. The average Bonchev–Trinajstić information content (AvgIpc) is 2.76. The first kappa shape index (κ1) is 16.3. The third-order valence-electron chi connectivity index (χ3n) is 2.31. The van der Waals surface area contributed by atoms with Crippen molar-refractivity contribution in [2.24, 2.45) is 0 Å². The zero-order valence-corrected chi connectivity index (χ0v) is 15.1. The standard InChI is InChI=1S/C10H7Br2N3O4S2/c1-4-3-20-6(10(16)17)7(4)21(18,19)15-9-8(12)14-5(11)2-13-9/h2-3H,1H3,(H,13,15)(H,16,17). The van der Waals surface area contributed by atoms with Gasteiger partial charge in [0.2, 0.25) is 0 Å². The molecule has 2 heterocycles. The molecule has 0 saturated heterocycles. The predicted octanol–water partition coefficient (Wildman–Crippen LogP) is 2.87. The molecule has 0 amide bonds. The lowest BCUT2D eigenvalue weighted by Crippen LogP contribution is -2.17. The number of hydrogen-bond donors (Lipinski definition) is 2. The van der Waals surface area contributed by atoms with Gasteiger partial charge in [0.1, 0.15) is 14.4 Å². The van der Waals surface area contributed by atoms with E-state index in [0.29, 0.717) is 10.2 Å². The molecule has 0 atom stereocenters. The number of halogens is 2. The molecule has 21 heavy (non-hydrogen) atoms. The average molecular weight is 457 g/mol. The highest BCUT2D eigenvalue weighted by Crippen LogP contribution is 2.29. The molecule has 0 saturated carbocycles. The Morgan fingerprint density at radius 2 is 2.10 bits per heavy atom. The summed E-state index contributed by atoms with van der Waals surface area (Å²) in [6.45, 7) is 1.53. The Bertz CT molecular complexity index is 820. The van der Waals surface area contributed by atoms with E-state index in [-0.39, 0.29) is 20.2 Å². The van der Waals surface area contributed by atoms with Crippen LogP contribution in [0.25, 0.3) is 0 Å². The van der Waals surface area contributed by atoms with E-state index in [1.165, 1.54) is 18.5 Å². The van der Waals surface area contributed by atoms with Gasteiger partial charge in [-0.1, -0.05) is 0 Å². The van der Waals surface area contributed by atoms with Crippen LogP contribution in [0.4, 0.5) is 5.82 Å². The number of nitrogens with zero attached hydrogens (tertiary/aromatic N) is 2. The number of nitrogens with one attached hydrogen (secondary N) is 1. The predicted molar refractivity (Wildman–Crippen MR) is 84.3 cm³/mol. The molecule has 0 unspecified atom stereocenters. The van der Waals surface area contributed by atoms with Crippen LogP contribution in [0.3, 0.4) is 0 Å². The fourth-order valence-electron chi connectivity index (χ4n) is 1.51. The van der Waals surface area contributed by atoms with Crippen molar-refractivity contribution in [3.05, 3.63) is 31.2 Å². The number of thiophene rings is 1. The Balaban J connectivity index is 2.48. The number of rotatable bonds is 4. The first-order chi connectivity index (χ1) is 9.72. The largest absolute Gasteiger partial charge is 0.477 e. The zero-order chi connectivity index (χ0) is 15.8. The van der Waals surface area contributed by atoms with Crippen molar-refractivity contribution in [1.29, 1.82) is 0 Å². The van der Waals surface area contributed by atoms with E-state index in [9.17, 15) is 13.2 Å². The van der Waals surface area contributed by atoms with Gasteiger partial charge in [-0.15, -0.1) is 11.3 Å². The van der Waals surface area contributed by atoms with Gasteiger partial charge >= 0.3 is 5.97 Å². The van der Waals surface area contributed by atoms with Crippen molar-refractivity contribution in [3.63, 3.8) is 0 Å². The Morgan fingerprint density at radius 1 is 1.43 bits per heavy atom. The molecule has 0 aliphatic heterocycles. The Labute approximate surface area is 140 Å². The summed E-state index contributed by atoms with van der Waals surface area (Å²) in [6.07, 6.45) is 1.32. The smallest absolute Gasteiger partial charge is 0.347 e. The van der Waals surface area contributed by atoms with E-state index in [1.54, 1.807) is 0 Å². The van der Waals surface area contributed by atoms with Crippen LogP contribution in [-0.4, -0.2) is 29.5 Å². The van der Waals surface area contributed by atoms with Crippen molar-refractivity contribution in [3.8, 4) is 0 Å². The molecule has 0 radical (unpaired) electrons. The minimum absolute atomic E-state index is 0.0276. The summed E-state index contributed by atoms with van der Waals surface area (Å²) in [5.74, 6) is -1.32. The van der Waals surface area contributed by atoms with Crippen LogP contribution in [0.5, 0.6) is 0 Å². The summed E-state index contributed by atoms with van der Waals surface area (Å²) in [7, 11) is -4.08. The molecule has 2 aromatic rings. The van der Waals surface area contributed by atoms with Gasteiger partial charge in [0.05, 0.1) is 6.20 Å². The number of sulfonamides is 1. The van der Waals surface area contributed by atoms with Gasteiger partial charge in [0.25, 0.3) is 10.0 Å². The first-order valence-corrected chi connectivity index (χ1v) is 9.19. The summed E-state index contributed by atoms with van der Waals surface area (Å²) in [4.78, 5) is 18.4. The van der Waals surface area contributed by atoms with E-state index in [1.807, 2.05) is 0 Å². The van der Waals surface area contributed by atoms with E-state index >= 15 is 0 Å². The molecule has 7 nitrogen and oxygen atoms in total. The van der Waals surface area contributed by atoms with Crippen molar-refractivity contribution in [2.75, 3.05) is 4.72 Å². The number of aryl methyl sites for hydroxylation is 1. The van der Waals surface area contributed by atoms with Gasteiger partial charge in [-0.25, -0.2) is 23.2 Å². The summed E-state index contributed by atoms with van der Waals surface area (Å²) < 4.78 is 27.6. The monoisotopic (exact) mass is 455 g/mol. The maximum atomic E-state index is 12.4. The SMILES string of the molecule is Cc1csc(C(=O)O)c1S(=O)(=O)Nc1ncc(Br)nc1Br. The second kappa shape index (κ2) is 5.99. The summed E-state index contributed by atoms with van der Waals surface area (Å²) >= 11 is 7.04. The third kappa shape index (κ3) is 3.42. The van der Waals surface area contributed by atoms with Gasteiger partial charge in [-0.05, 0) is 49.7 Å². The molecule has 0 bridgehead atoms. The third-order valence-corrected chi connectivity index (χ3v) is 5.99. The van der Waals surface area contributed by atoms with Crippen molar-refractivity contribution >= 4 is 65.0 Å². The highest BCUT2D eigenvalue weighted by Gasteiger charge is 2.27. The molecule has 11 heteroatoms. The summed E-state index contributed by atoms with van der Waals surface area (Å²) in [5, 5.41) is 10.5. The van der Waals surface area contributed by atoms with Crippen molar-refractivity contribution < 1.29 is 18.3 Å². The molecule has 2 aromatic heterocycles. The number of hydrogen-bond acceptors (Lipinski definition) is 6. The minimum Gasteiger partial charge on any atom is -0.477 e. The number of aromatic nitrogens is 2. The molecule has 0 aliphatic rings. The zero-order valence-electron chi connectivity index (χ0n) is 10.3. The van der Waals surface area contributed by atoms with Crippen LogP contribution < -0.4 is 4.72 Å². The number of aromatic carboxylic acids is 1. The van der Waals surface area contributed by atoms with Crippen LogP contribution in [-0.2, 0) is 10.0 Å². The first-order valence-electron chi connectivity index (χ1n) is 5.24. The second-order valence-electron chi connectivity index (χ2n) is 3.82. The molecule has 2 rings (SSSR count). The van der Waals surface area contributed by atoms with Gasteiger partial charge < -0.3 is 5.11 Å². The van der Waals surface area contributed by atoms with E-state index in [2.05, 4.69) is 46.5 Å². The lowest BCUT2D eigenvalue weighted by atomic mass is 10.3. The van der Waals surface area contributed by atoms with E-state index in [4.69, 9.17) is 5.11 Å². The molecule has 0 spiro atoms. The van der Waals surface area contributed by atoms with Crippen LogP contribution >= 0.6 is 43.2 Å². The fourth-order valence-corrected chi connectivity index (χ4v) is 5.20. The molecule has 112 valence electrons. The lowest BCUT2D eigenvalue weighted by Gasteiger charge is -2.09. The van der Waals surface area contributed by atoms with Gasteiger partial charge in [0, 0.05) is 0 Å². The Hall–Kier alpha value is -1.04. The number of carboxylic acid groups (broad SMARTS) is 1. The normalized spacial score (nSPS) is 11.4.